The van der Waals surface area contributed by atoms with Crippen LogP contribution in [0.25, 0.3) is 0 Å². The summed E-state index contributed by atoms with van der Waals surface area (Å²) >= 11 is 3.41. The van der Waals surface area contributed by atoms with Gasteiger partial charge in [-0.2, -0.15) is 0 Å². The van der Waals surface area contributed by atoms with E-state index < -0.39 is 0 Å². The van der Waals surface area contributed by atoms with Gasteiger partial charge in [-0.25, -0.2) is 0 Å². The SMILES string of the molecule is COCC1CCCN(CCC(=O)c2cccc(Br)c2)C1. The van der Waals surface area contributed by atoms with E-state index in [9.17, 15) is 4.79 Å². The molecule has 0 aromatic heterocycles. The van der Waals surface area contributed by atoms with Crippen LogP contribution in [0.3, 0.4) is 0 Å². The highest BCUT2D eigenvalue weighted by molar-refractivity contribution is 9.10. The Bertz CT molecular complexity index is 448. The van der Waals surface area contributed by atoms with E-state index in [0.717, 1.165) is 36.3 Å². The molecule has 1 aromatic rings. The van der Waals surface area contributed by atoms with Crippen LogP contribution in [0.15, 0.2) is 28.7 Å². The molecule has 1 atom stereocenters. The number of rotatable bonds is 6. The van der Waals surface area contributed by atoms with Crippen LogP contribution in [-0.4, -0.2) is 44.0 Å². The zero-order valence-corrected chi connectivity index (χ0v) is 13.6. The summed E-state index contributed by atoms with van der Waals surface area (Å²) in [5.41, 5.74) is 0.796. The second-order valence-corrected chi connectivity index (χ2v) is 6.36. The van der Waals surface area contributed by atoms with E-state index >= 15 is 0 Å². The first kappa shape index (κ1) is 15.7. The maximum atomic E-state index is 12.2. The third-order valence-electron chi connectivity index (χ3n) is 3.81. The van der Waals surface area contributed by atoms with Gasteiger partial charge in [0.05, 0.1) is 6.61 Å². The first-order valence-corrected chi connectivity index (χ1v) is 7.98. The fourth-order valence-electron chi connectivity index (χ4n) is 2.79. The summed E-state index contributed by atoms with van der Waals surface area (Å²) in [4.78, 5) is 14.6. The van der Waals surface area contributed by atoms with Crippen LogP contribution in [0.5, 0.6) is 0 Å². The first-order chi connectivity index (χ1) is 9.69. The number of nitrogens with zero attached hydrogens (tertiary/aromatic N) is 1. The van der Waals surface area contributed by atoms with E-state index in [1.54, 1.807) is 7.11 Å². The molecule has 0 amide bonds. The molecule has 1 unspecified atom stereocenters. The number of piperidine rings is 1. The average Bonchev–Trinajstić information content (AvgIpc) is 2.45. The zero-order valence-electron chi connectivity index (χ0n) is 12.0. The van der Waals surface area contributed by atoms with Crippen LogP contribution < -0.4 is 0 Å². The second-order valence-electron chi connectivity index (χ2n) is 5.45. The summed E-state index contributed by atoms with van der Waals surface area (Å²) in [6, 6.07) is 7.63. The number of carbonyl (C=O) groups excluding carboxylic acids is 1. The minimum Gasteiger partial charge on any atom is -0.384 e. The number of Topliss-reactive ketones (excluding diaryl/α,β-unsaturated/α-hetero) is 1. The molecule has 1 aromatic carbocycles. The number of ether oxygens (including phenoxy) is 1. The van der Waals surface area contributed by atoms with Gasteiger partial charge in [-0.1, -0.05) is 28.1 Å². The second kappa shape index (κ2) is 7.91. The molecule has 0 spiro atoms. The Kier molecular flexibility index (Phi) is 6.20. The Balaban J connectivity index is 1.81. The predicted octanol–water partition coefficient (Wildman–Crippen LogP) is 3.38. The van der Waals surface area contributed by atoms with Gasteiger partial charge < -0.3 is 9.64 Å². The summed E-state index contributed by atoms with van der Waals surface area (Å²) in [5, 5.41) is 0. The largest absolute Gasteiger partial charge is 0.384 e. The molecule has 3 nitrogen and oxygen atoms in total. The highest BCUT2D eigenvalue weighted by Crippen LogP contribution is 2.18. The maximum Gasteiger partial charge on any atom is 0.164 e. The van der Waals surface area contributed by atoms with Crippen molar-refractivity contribution in [3.63, 3.8) is 0 Å². The summed E-state index contributed by atoms with van der Waals surface area (Å²) < 4.78 is 6.20. The van der Waals surface area contributed by atoms with Gasteiger partial charge in [-0.15, -0.1) is 0 Å². The number of halogens is 1. The molecule has 0 aliphatic carbocycles. The summed E-state index contributed by atoms with van der Waals surface area (Å²) in [7, 11) is 1.76. The van der Waals surface area contributed by atoms with E-state index in [1.165, 1.54) is 12.8 Å². The van der Waals surface area contributed by atoms with Gasteiger partial charge in [0.15, 0.2) is 5.78 Å². The topological polar surface area (TPSA) is 29.5 Å². The molecule has 1 saturated heterocycles. The molecule has 1 aliphatic rings. The van der Waals surface area contributed by atoms with Crippen molar-refractivity contribution in [3.05, 3.63) is 34.3 Å². The quantitative estimate of drug-likeness (QED) is 0.744. The molecular formula is C16H22BrNO2. The van der Waals surface area contributed by atoms with Crippen LogP contribution >= 0.6 is 15.9 Å². The molecule has 0 N–H and O–H groups in total. The maximum absolute atomic E-state index is 12.2. The number of benzene rings is 1. The van der Waals surface area contributed by atoms with Gasteiger partial charge in [-0.05, 0) is 37.4 Å². The van der Waals surface area contributed by atoms with Crippen LogP contribution in [0, 0.1) is 5.92 Å². The summed E-state index contributed by atoms with van der Waals surface area (Å²) in [6.07, 6.45) is 3.04. The molecule has 110 valence electrons. The highest BCUT2D eigenvalue weighted by atomic mass is 79.9. The summed E-state index contributed by atoms with van der Waals surface area (Å²) in [5.74, 6) is 0.842. The van der Waals surface area contributed by atoms with E-state index in [-0.39, 0.29) is 5.78 Å². The van der Waals surface area contributed by atoms with Gasteiger partial charge in [0.1, 0.15) is 0 Å². The normalized spacial score (nSPS) is 20.0. The molecule has 1 heterocycles. The van der Waals surface area contributed by atoms with Crippen molar-refractivity contribution < 1.29 is 9.53 Å². The Labute approximate surface area is 129 Å². The monoisotopic (exact) mass is 339 g/mol. The van der Waals surface area contributed by atoms with Gasteiger partial charge in [0, 0.05) is 36.7 Å². The van der Waals surface area contributed by atoms with E-state index in [1.807, 2.05) is 24.3 Å². The van der Waals surface area contributed by atoms with Crippen LogP contribution in [-0.2, 0) is 4.74 Å². The highest BCUT2D eigenvalue weighted by Gasteiger charge is 2.20. The number of methoxy groups -OCH3 is 1. The van der Waals surface area contributed by atoms with Crippen LogP contribution in [0.2, 0.25) is 0 Å². The van der Waals surface area contributed by atoms with E-state index in [2.05, 4.69) is 20.8 Å². The van der Waals surface area contributed by atoms with E-state index in [4.69, 9.17) is 4.74 Å². The van der Waals surface area contributed by atoms with Crippen molar-refractivity contribution in [2.24, 2.45) is 5.92 Å². The van der Waals surface area contributed by atoms with Gasteiger partial charge in [-0.3, -0.25) is 4.79 Å². The average molecular weight is 340 g/mol. The van der Waals surface area contributed by atoms with Crippen LogP contribution in [0.1, 0.15) is 29.6 Å². The molecule has 0 radical (unpaired) electrons. The fraction of sp³-hybridized carbons (Fsp3) is 0.562. The van der Waals surface area contributed by atoms with Crippen molar-refractivity contribution in [3.8, 4) is 0 Å². The Morgan fingerprint density at radius 2 is 2.35 bits per heavy atom. The minimum atomic E-state index is 0.222. The van der Waals surface area contributed by atoms with Crippen LogP contribution in [0.4, 0.5) is 0 Å². The number of hydrogen-bond donors (Lipinski definition) is 0. The molecule has 1 aliphatic heterocycles. The third kappa shape index (κ3) is 4.69. The zero-order chi connectivity index (χ0) is 14.4. The fourth-order valence-corrected chi connectivity index (χ4v) is 3.19. The molecule has 4 heteroatoms. The minimum absolute atomic E-state index is 0.222. The third-order valence-corrected chi connectivity index (χ3v) is 4.30. The van der Waals surface area contributed by atoms with Gasteiger partial charge in [0.2, 0.25) is 0 Å². The number of likely N-dealkylation sites (tertiary alicyclic amines) is 1. The predicted molar refractivity (Wildman–Crippen MR) is 84.1 cm³/mol. The Hall–Kier alpha value is -0.710. The van der Waals surface area contributed by atoms with Gasteiger partial charge >= 0.3 is 0 Å². The Morgan fingerprint density at radius 1 is 1.50 bits per heavy atom. The lowest BCUT2D eigenvalue weighted by Gasteiger charge is -2.32. The van der Waals surface area contributed by atoms with Crippen molar-refractivity contribution in [1.29, 1.82) is 0 Å². The number of hydrogen-bond acceptors (Lipinski definition) is 3. The van der Waals surface area contributed by atoms with Gasteiger partial charge in [0.25, 0.3) is 0 Å². The van der Waals surface area contributed by atoms with Crippen molar-refractivity contribution >= 4 is 21.7 Å². The lowest BCUT2D eigenvalue weighted by atomic mass is 9.98. The molecule has 1 fully saturated rings. The van der Waals surface area contributed by atoms with Crippen molar-refractivity contribution in [2.75, 3.05) is 33.4 Å². The smallest absolute Gasteiger partial charge is 0.164 e. The first-order valence-electron chi connectivity index (χ1n) is 7.19. The molecule has 20 heavy (non-hydrogen) atoms. The lowest BCUT2D eigenvalue weighted by molar-refractivity contribution is 0.0830. The van der Waals surface area contributed by atoms with Crippen molar-refractivity contribution in [2.45, 2.75) is 19.3 Å². The number of carbonyl (C=O) groups is 1. The van der Waals surface area contributed by atoms with E-state index in [0.29, 0.717) is 12.3 Å². The summed E-state index contributed by atoms with van der Waals surface area (Å²) in [6.45, 7) is 3.84. The standard InChI is InChI=1S/C16H22BrNO2/c1-20-12-13-4-3-8-18(11-13)9-7-16(19)14-5-2-6-15(17)10-14/h2,5-6,10,13H,3-4,7-9,11-12H2,1H3. The molecular weight excluding hydrogens is 318 g/mol. The molecule has 0 saturated carbocycles. The number of ketones is 1. The van der Waals surface area contributed by atoms with Crippen molar-refractivity contribution in [1.82, 2.24) is 4.90 Å². The lowest BCUT2D eigenvalue weighted by Crippen LogP contribution is -2.38. The molecule has 0 bridgehead atoms. The Morgan fingerprint density at radius 3 is 3.10 bits per heavy atom. The molecule has 2 rings (SSSR count).